The van der Waals surface area contributed by atoms with Crippen LogP contribution in [0.3, 0.4) is 0 Å². The van der Waals surface area contributed by atoms with Gasteiger partial charge in [-0.25, -0.2) is 4.79 Å². The number of carbonyl (C=O) groups is 2. The Hall–Kier alpha value is -3.35. The Morgan fingerprint density at radius 3 is 2.47 bits per heavy atom. The van der Waals surface area contributed by atoms with Gasteiger partial charge in [0.15, 0.2) is 0 Å². The lowest BCUT2D eigenvalue weighted by atomic mass is 9.95. The largest absolute Gasteiger partial charge is 0.573 e. The summed E-state index contributed by atoms with van der Waals surface area (Å²) < 4.78 is 46.7. The third-order valence-electron chi connectivity index (χ3n) is 7.29. The molecule has 0 radical (unpaired) electrons. The van der Waals surface area contributed by atoms with Gasteiger partial charge in [0.2, 0.25) is 5.91 Å². The Bertz CT molecular complexity index is 1120. The molecule has 2 atom stereocenters. The minimum Gasteiger partial charge on any atom is -0.406 e. The van der Waals surface area contributed by atoms with E-state index in [4.69, 9.17) is 4.74 Å². The maximum atomic E-state index is 13.2. The molecule has 3 aliphatic rings. The van der Waals surface area contributed by atoms with E-state index in [0.717, 1.165) is 17.0 Å². The first kappa shape index (κ1) is 24.3. The normalized spacial score (nSPS) is 23.6. The van der Waals surface area contributed by atoms with Crippen LogP contribution in [-0.4, -0.2) is 93.8 Å². The number of nitrogens with one attached hydrogen (secondary N) is 1. The first-order chi connectivity index (χ1) is 17.2. The zero-order valence-corrected chi connectivity index (χ0v) is 19.8. The van der Waals surface area contributed by atoms with Crippen molar-refractivity contribution in [2.75, 3.05) is 39.8 Å². The number of aromatic amines is 1. The molecule has 36 heavy (non-hydrogen) atoms. The number of benzene rings is 1. The summed E-state index contributed by atoms with van der Waals surface area (Å²) in [6.07, 6.45) is -3.46. The summed E-state index contributed by atoms with van der Waals surface area (Å²) in [5.74, 6) is -0.345. The molecule has 3 aliphatic heterocycles. The highest BCUT2D eigenvalue weighted by atomic mass is 19.4. The molecule has 1 aromatic carbocycles. The summed E-state index contributed by atoms with van der Waals surface area (Å²) in [6.45, 7) is 2.77. The zero-order chi connectivity index (χ0) is 25.5. The second kappa shape index (κ2) is 9.26. The molecule has 2 saturated heterocycles. The second-order valence-corrected chi connectivity index (χ2v) is 9.48. The van der Waals surface area contributed by atoms with Crippen LogP contribution >= 0.6 is 0 Å². The number of nitrogens with zero attached hydrogens (tertiary/aromatic N) is 5. The second-order valence-electron chi connectivity index (χ2n) is 9.48. The number of hydrogen-bond donors (Lipinski definition) is 1. The fourth-order valence-corrected chi connectivity index (χ4v) is 5.37. The molecule has 5 rings (SSSR count). The Kier molecular flexibility index (Phi) is 6.27. The summed E-state index contributed by atoms with van der Waals surface area (Å²) >= 11 is 0. The van der Waals surface area contributed by atoms with Crippen LogP contribution in [0.15, 0.2) is 24.3 Å². The number of carbonyl (C=O) groups excluding carboxylic acids is 2. The number of alkyl halides is 3. The van der Waals surface area contributed by atoms with E-state index in [1.165, 1.54) is 24.3 Å². The van der Waals surface area contributed by atoms with Crippen molar-refractivity contribution in [3.05, 3.63) is 41.2 Å². The molecule has 0 bridgehead atoms. The van der Waals surface area contributed by atoms with Crippen molar-refractivity contribution in [3.8, 4) is 5.75 Å². The monoisotopic (exact) mass is 508 g/mol. The number of halogens is 3. The molecule has 2 fully saturated rings. The lowest BCUT2D eigenvalue weighted by molar-refractivity contribution is -0.274. The molecule has 0 aliphatic carbocycles. The molecule has 1 aromatic heterocycles. The van der Waals surface area contributed by atoms with Crippen molar-refractivity contribution in [3.63, 3.8) is 0 Å². The molecule has 1 N–H and O–H groups in total. The average Bonchev–Trinajstić information content (AvgIpc) is 3.54. The van der Waals surface area contributed by atoms with E-state index in [9.17, 15) is 22.8 Å². The average molecular weight is 509 g/mol. The third-order valence-corrected chi connectivity index (χ3v) is 7.29. The third kappa shape index (κ3) is 4.84. The number of urea groups is 1. The topological polar surface area (TPSA) is 104 Å². The molecule has 4 heterocycles. The van der Waals surface area contributed by atoms with Crippen molar-refractivity contribution in [2.24, 2.45) is 5.92 Å². The number of methoxy groups -OCH3 is 1. The Morgan fingerprint density at radius 1 is 1.08 bits per heavy atom. The van der Waals surface area contributed by atoms with E-state index in [2.05, 4.69) is 20.1 Å². The summed E-state index contributed by atoms with van der Waals surface area (Å²) in [5.41, 5.74) is 1.81. The maximum absolute atomic E-state index is 13.2. The van der Waals surface area contributed by atoms with Gasteiger partial charge >= 0.3 is 12.4 Å². The zero-order valence-electron chi connectivity index (χ0n) is 19.8. The lowest BCUT2D eigenvalue weighted by Gasteiger charge is -2.32. The smallest absolute Gasteiger partial charge is 0.406 e. The van der Waals surface area contributed by atoms with Crippen LogP contribution in [0.2, 0.25) is 0 Å². The number of H-pyrrole nitrogens is 1. The summed E-state index contributed by atoms with van der Waals surface area (Å²) in [7, 11) is 1.61. The van der Waals surface area contributed by atoms with Gasteiger partial charge in [-0.05, 0) is 24.1 Å². The van der Waals surface area contributed by atoms with Gasteiger partial charge in [0.1, 0.15) is 17.0 Å². The quantitative estimate of drug-likeness (QED) is 0.663. The van der Waals surface area contributed by atoms with E-state index in [0.29, 0.717) is 52.1 Å². The fraction of sp³-hybridized carbons (Fsp3) is 0.565. The molecule has 0 spiro atoms. The predicted molar refractivity (Wildman–Crippen MR) is 119 cm³/mol. The molecule has 10 nitrogen and oxygen atoms in total. The highest BCUT2D eigenvalue weighted by Crippen LogP contribution is 2.38. The minimum absolute atomic E-state index is 0.00148. The molecule has 13 heteroatoms. The van der Waals surface area contributed by atoms with Gasteiger partial charge in [-0.1, -0.05) is 12.1 Å². The number of ether oxygens (including phenoxy) is 2. The first-order valence-corrected chi connectivity index (χ1v) is 11.8. The fourth-order valence-electron chi connectivity index (χ4n) is 5.37. The first-order valence-electron chi connectivity index (χ1n) is 11.8. The summed E-state index contributed by atoms with van der Waals surface area (Å²) in [5, 5.41) is 10.8. The van der Waals surface area contributed by atoms with Gasteiger partial charge in [0.25, 0.3) is 0 Å². The van der Waals surface area contributed by atoms with Crippen molar-refractivity contribution >= 4 is 11.9 Å². The number of fused-ring (bicyclic) bond motifs is 2. The number of rotatable bonds is 5. The standard InChI is InChI=1S/C23H27F3N6O4/c1-35-22-13-31(20(33)7-4-15-2-5-17(6-3-15)36-23(24,25)26)10-16(22)11-32(14-22)21(34)30-9-8-18-19(12-30)28-29-27-18/h2-3,5-6,16H,4,7-14H2,1H3,(H,27,28,29)/t16-,22+/m0/s1. The van der Waals surface area contributed by atoms with Crippen LogP contribution < -0.4 is 4.74 Å². The molecule has 2 aromatic rings. The number of amides is 3. The molecular formula is C23H27F3N6O4. The van der Waals surface area contributed by atoms with Crippen LogP contribution in [0.4, 0.5) is 18.0 Å². The van der Waals surface area contributed by atoms with Crippen LogP contribution in [0.5, 0.6) is 5.75 Å². The van der Waals surface area contributed by atoms with Crippen molar-refractivity contribution < 1.29 is 32.2 Å². The highest BCUT2D eigenvalue weighted by Gasteiger charge is 2.55. The number of hydrogen-bond acceptors (Lipinski definition) is 6. The van der Waals surface area contributed by atoms with Crippen LogP contribution in [-0.2, 0) is 28.9 Å². The molecule has 194 valence electrons. The van der Waals surface area contributed by atoms with Crippen LogP contribution in [0.1, 0.15) is 23.4 Å². The lowest BCUT2D eigenvalue weighted by Crippen LogP contribution is -2.48. The maximum Gasteiger partial charge on any atom is 0.573 e. The van der Waals surface area contributed by atoms with E-state index in [-0.39, 0.29) is 30.0 Å². The van der Waals surface area contributed by atoms with Crippen LogP contribution in [0, 0.1) is 5.92 Å². The van der Waals surface area contributed by atoms with Gasteiger partial charge in [-0.2, -0.15) is 15.4 Å². The van der Waals surface area contributed by atoms with E-state index < -0.39 is 12.0 Å². The SMILES string of the molecule is CO[C@@]12CN(C(=O)CCc3ccc(OC(F)(F)F)cc3)C[C@H]1CN(C(=O)N1CCc3n[nH]nc3C1)C2. The van der Waals surface area contributed by atoms with Gasteiger partial charge in [0.05, 0.1) is 25.3 Å². The van der Waals surface area contributed by atoms with Crippen molar-refractivity contribution in [1.29, 1.82) is 0 Å². The Morgan fingerprint density at radius 2 is 1.78 bits per heavy atom. The van der Waals surface area contributed by atoms with E-state index >= 15 is 0 Å². The van der Waals surface area contributed by atoms with Gasteiger partial charge in [-0.15, -0.1) is 13.2 Å². The van der Waals surface area contributed by atoms with Crippen LogP contribution in [0.25, 0.3) is 0 Å². The van der Waals surface area contributed by atoms with Gasteiger partial charge in [0, 0.05) is 45.5 Å². The van der Waals surface area contributed by atoms with Gasteiger partial charge < -0.3 is 24.2 Å². The number of aromatic nitrogens is 3. The summed E-state index contributed by atoms with van der Waals surface area (Å²) in [4.78, 5) is 31.4. The minimum atomic E-state index is -4.74. The molecule has 3 amide bonds. The van der Waals surface area contributed by atoms with Crippen molar-refractivity contribution in [2.45, 2.75) is 37.8 Å². The number of aryl methyl sites for hydroxylation is 1. The van der Waals surface area contributed by atoms with E-state index in [1.807, 2.05) is 0 Å². The van der Waals surface area contributed by atoms with Crippen molar-refractivity contribution in [1.82, 2.24) is 30.1 Å². The number of likely N-dealkylation sites (tertiary alicyclic amines) is 2. The Labute approximate surface area is 205 Å². The summed E-state index contributed by atoms with van der Waals surface area (Å²) in [6, 6.07) is 5.46. The van der Waals surface area contributed by atoms with Gasteiger partial charge in [-0.3, -0.25) is 4.79 Å². The molecule has 0 unspecified atom stereocenters. The highest BCUT2D eigenvalue weighted by molar-refractivity contribution is 5.78. The molecule has 0 saturated carbocycles. The Balaban J connectivity index is 1.14. The molecular weight excluding hydrogens is 481 g/mol. The van der Waals surface area contributed by atoms with E-state index in [1.54, 1.807) is 21.8 Å². The predicted octanol–water partition coefficient (Wildman–Crippen LogP) is 1.97.